The van der Waals surface area contributed by atoms with Crippen molar-refractivity contribution < 1.29 is 19.8 Å². The number of hydrogen-bond acceptors (Lipinski definition) is 3. The second-order valence-electron chi connectivity index (χ2n) is 5.13. The van der Waals surface area contributed by atoms with Crippen molar-refractivity contribution in [1.82, 2.24) is 5.32 Å². The Morgan fingerprint density at radius 2 is 2.00 bits per heavy atom. The summed E-state index contributed by atoms with van der Waals surface area (Å²) in [5.74, 6) is -1.60. The van der Waals surface area contributed by atoms with E-state index in [-0.39, 0.29) is 29.1 Å². The number of benzene rings is 1. The highest BCUT2D eigenvalue weighted by Gasteiger charge is 2.33. The number of hydrogen-bond donors (Lipinski definition) is 3. The number of carboxylic acids is 1. The topological polar surface area (TPSA) is 86.6 Å². The number of aromatic hydroxyl groups is 1. The summed E-state index contributed by atoms with van der Waals surface area (Å²) in [6.45, 7) is 0.331. The van der Waals surface area contributed by atoms with Gasteiger partial charge in [-0.2, -0.15) is 0 Å². The zero-order chi connectivity index (χ0) is 15.6. The molecule has 0 spiro atoms. The number of aliphatic carboxylic acids is 1. The lowest BCUT2D eigenvalue weighted by Crippen LogP contribution is -2.33. The average Bonchev–Trinajstić information content (AvgIpc) is 2.88. The van der Waals surface area contributed by atoms with E-state index >= 15 is 0 Å². The van der Waals surface area contributed by atoms with Crippen LogP contribution in [0.5, 0.6) is 5.75 Å². The third kappa shape index (κ3) is 3.99. The molecule has 7 heteroatoms. The maximum Gasteiger partial charge on any atom is 0.306 e. The number of phenolic OH excluding ortho intramolecular Hbond substituents is 1. The van der Waals surface area contributed by atoms with Crippen molar-refractivity contribution in [1.29, 1.82) is 0 Å². The Hall–Kier alpha value is -0.580. The third-order valence-corrected chi connectivity index (χ3v) is 5.22. The maximum absolute atomic E-state index is 12.2. The fourth-order valence-electron chi connectivity index (χ4n) is 2.66. The first kappa shape index (κ1) is 16.8. The van der Waals surface area contributed by atoms with E-state index in [2.05, 4.69) is 27.9 Å². The van der Waals surface area contributed by atoms with E-state index in [0.717, 1.165) is 16.4 Å². The van der Waals surface area contributed by atoms with E-state index in [9.17, 15) is 14.7 Å². The predicted octanol–water partition coefficient (Wildman–Crippen LogP) is 2.83. The van der Waals surface area contributed by atoms with Gasteiger partial charge < -0.3 is 15.5 Å². The maximum atomic E-state index is 12.2. The highest BCUT2D eigenvalue weighted by atomic mass is 127. The summed E-state index contributed by atoms with van der Waals surface area (Å²) in [6.07, 6.45) is 2.36. The average molecular weight is 515 g/mol. The van der Waals surface area contributed by atoms with Crippen LogP contribution in [-0.4, -0.2) is 28.6 Å². The van der Waals surface area contributed by atoms with Crippen LogP contribution in [0.1, 0.15) is 29.6 Å². The first-order chi connectivity index (χ1) is 9.90. The molecule has 1 aromatic rings. The molecular formula is C14H15I2NO4. The summed E-state index contributed by atoms with van der Waals surface area (Å²) in [6, 6.07) is 3.40. The molecule has 1 aliphatic rings. The summed E-state index contributed by atoms with van der Waals surface area (Å²) in [5, 5.41) is 21.8. The van der Waals surface area contributed by atoms with Gasteiger partial charge in [-0.25, -0.2) is 0 Å². The molecule has 1 saturated carbocycles. The zero-order valence-corrected chi connectivity index (χ0v) is 15.4. The zero-order valence-electron chi connectivity index (χ0n) is 11.1. The minimum Gasteiger partial charge on any atom is -0.506 e. The Labute approximate surface area is 149 Å². The van der Waals surface area contributed by atoms with Crippen LogP contribution in [0.2, 0.25) is 0 Å². The monoisotopic (exact) mass is 515 g/mol. The second-order valence-corrected chi connectivity index (χ2v) is 7.54. The molecule has 0 heterocycles. The molecule has 0 bridgehead atoms. The Bertz CT molecular complexity index is 576. The number of amides is 1. The van der Waals surface area contributed by atoms with E-state index in [1.165, 1.54) is 0 Å². The molecule has 114 valence electrons. The van der Waals surface area contributed by atoms with Gasteiger partial charge in [0.25, 0.3) is 5.91 Å². The summed E-state index contributed by atoms with van der Waals surface area (Å²) in [4.78, 5) is 23.3. The SMILES string of the molecule is O=C(NCC1CCCC1C(=O)O)c1cc(I)cc(I)c1O. The number of halogens is 2. The van der Waals surface area contributed by atoms with Crippen molar-refractivity contribution in [3.8, 4) is 5.75 Å². The number of phenols is 1. The lowest BCUT2D eigenvalue weighted by atomic mass is 9.96. The van der Waals surface area contributed by atoms with Gasteiger partial charge in [0.15, 0.2) is 0 Å². The Morgan fingerprint density at radius 3 is 2.67 bits per heavy atom. The van der Waals surface area contributed by atoms with E-state index in [1.54, 1.807) is 12.1 Å². The van der Waals surface area contributed by atoms with Gasteiger partial charge in [-0.15, -0.1) is 0 Å². The van der Waals surface area contributed by atoms with Gasteiger partial charge >= 0.3 is 5.97 Å². The molecule has 0 radical (unpaired) electrons. The number of carboxylic acid groups (broad SMARTS) is 1. The first-order valence-electron chi connectivity index (χ1n) is 6.59. The van der Waals surface area contributed by atoms with E-state index in [1.807, 2.05) is 22.6 Å². The van der Waals surface area contributed by atoms with Gasteiger partial charge in [-0.05, 0) is 76.1 Å². The van der Waals surface area contributed by atoms with Gasteiger partial charge in [-0.3, -0.25) is 9.59 Å². The number of carbonyl (C=O) groups is 2. The third-order valence-electron chi connectivity index (χ3n) is 3.77. The molecule has 3 N–H and O–H groups in total. The molecule has 0 aromatic heterocycles. The van der Waals surface area contributed by atoms with Crippen LogP contribution in [0.25, 0.3) is 0 Å². The molecule has 2 atom stereocenters. The Kier molecular flexibility index (Phi) is 5.69. The standard InChI is InChI=1S/C14H15I2NO4/c15-8-4-10(12(18)11(16)5-8)13(19)17-6-7-2-1-3-9(7)14(20)21/h4-5,7,9,18H,1-3,6H2,(H,17,19)(H,20,21). The molecule has 0 aliphatic heterocycles. The van der Waals surface area contributed by atoms with Crippen LogP contribution >= 0.6 is 45.2 Å². The van der Waals surface area contributed by atoms with Crippen LogP contribution in [0.3, 0.4) is 0 Å². The lowest BCUT2D eigenvalue weighted by Gasteiger charge is -2.16. The van der Waals surface area contributed by atoms with Crippen molar-refractivity contribution >= 4 is 57.1 Å². The highest BCUT2D eigenvalue weighted by molar-refractivity contribution is 14.1. The number of nitrogens with one attached hydrogen (secondary N) is 1. The van der Waals surface area contributed by atoms with Crippen LogP contribution < -0.4 is 5.32 Å². The smallest absolute Gasteiger partial charge is 0.306 e. The summed E-state index contributed by atoms with van der Waals surface area (Å²) in [7, 11) is 0. The van der Waals surface area contributed by atoms with Crippen LogP contribution in [-0.2, 0) is 4.79 Å². The van der Waals surface area contributed by atoms with Crippen molar-refractivity contribution in [2.24, 2.45) is 11.8 Å². The fourth-order valence-corrected chi connectivity index (χ4v) is 4.51. The molecule has 2 rings (SSSR count). The normalized spacial score (nSPS) is 21.2. The van der Waals surface area contributed by atoms with Gasteiger partial charge in [0.05, 0.1) is 15.1 Å². The fraction of sp³-hybridized carbons (Fsp3) is 0.429. The van der Waals surface area contributed by atoms with Crippen molar-refractivity contribution in [3.63, 3.8) is 0 Å². The summed E-state index contributed by atoms with van der Waals surface area (Å²) < 4.78 is 1.48. The lowest BCUT2D eigenvalue weighted by molar-refractivity contribution is -0.142. The van der Waals surface area contributed by atoms with Gasteiger partial charge in [0.1, 0.15) is 5.75 Å². The Morgan fingerprint density at radius 1 is 1.29 bits per heavy atom. The second kappa shape index (κ2) is 7.12. The van der Waals surface area contributed by atoms with E-state index in [4.69, 9.17) is 5.11 Å². The van der Waals surface area contributed by atoms with Gasteiger partial charge in [0.2, 0.25) is 0 Å². The minimum absolute atomic E-state index is 0.0320. The van der Waals surface area contributed by atoms with Crippen LogP contribution in [0.15, 0.2) is 12.1 Å². The van der Waals surface area contributed by atoms with Gasteiger partial charge in [-0.1, -0.05) is 6.42 Å². The summed E-state index contributed by atoms with van der Waals surface area (Å²) >= 11 is 4.06. The molecule has 5 nitrogen and oxygen atoms in total. The molecule has 1 amide bonds. The minimum atomic E-state index is -0.793. The molecular weight excluding hydrogens is 500 g/mol. The Balaban J connectivity index is 2.04. The molecule has 1 aliphatic carbocycles. The van der Waals surface area contributed by atoms with Gasteiger partial charge in [0, 0.05) is 10.1 Å². The molecule has 2 unspecified atom stereocenters. The van der Waals surface area contributed by atoms with Crippen molar-refractivity contribution in [2.45, 2.75) is 19.3 Å². The largest absolute Gasteiger partial charge is 0.506 e. The number of carbonyl (C=O) groups excluding carboxylic acids is 1. The molecule has 1 aromatic carbocycles. The first-order valence-corrected chi connectivity index (χ1v) is 8.75. The quantitative estimate of drug-likeness (QED) is 0.539. The highest BCUT2D eigenvalue weighted by Crippen LogP contribution is 2.32. The molecule has 21 heavy (non-hydrogen) atoms. The van der Waals surface area contributed by atoms with Crippen molar-refractivity contribution in [3.05, 3.63) is 24.8 Å². The molecule has 0 saturated heterocycles. The summed E-state index contributed by atoms with van der Waals surface area (Å²) in [5.41, 5.74) is 0.233. The van der Waals surface area contributed by atoms with Crippen LogP contribution in [0, 0.1) is 19.0 Å². The molecule has 1 fully saturated rings. The van der Waals surface area contributed by atoms with Crippen LogP contribution in [0.4, 0.5) is 0 Å². The van der Waals surface area contributed by atoms with Crippen molar-refractivity contribution in [2.75, 3.05) is 6.54 Å². The number of rotatable bonds is 4. The van der Waals surface area contributed by atoms with E-state index < -0.39 is 5.97 Å². The van der Waals surface area contributed by atoms with E-state index in [0.29, 0.717) is 16.5 Å². The predicted molar refractivity (Wildman–Crippen MR) is 94.3 cm³/mol.